The molecule has 9 nitrogen and oxygen atoms in total. The molecule has 1 unspecified atom stereocenters. The van der Waals surface area contributed by atoms with Crippen molar-refractivity contribution >= 4 is 35.5 Å². The smallest absolute Gasteiger partial charge is 0.327 e. The van der Waals surface area contributed by atoms with Gasteiger partial charge in [-0.05, 0) is 37.1 Å². The Morgan fingerprint density at radius 3 is 2.38 bits per heavy atom. The zero-order valence-electron chi connectivity index (χ0n) is 18.5. The van der Waals surface area contributed by atoms with Gasteiger partial charge in [-0.3, -0.25) is 14.4 Å². The number of hydrogen-bond acceptors (Lipinski definition) is 7. The van der Waals surface area contributed by atoms with Crippen LogP contribution < -0.4 is 5.32 Å². The summed E-state index contributed by atoms with van der Waals surface area (Å²) in [5.41, 5.74) is 1.04. The van der Waals surface area contributed by atoms with E-state index in [1.807, 2.05) is 6.07 Å². The van der Waals surface area contributed by atoms with Crippen LogP contribution in [0.3, 0.4) is 0 Å². The lowest BCUT2D eigenvalue weighted by Gasteiger charge is -2.43. The summed E-state index contributed by atoms with van der Waals surface area (Å²) in [6.45, 7) is 3.44. The Labute approximate surface area is 200 Å². The first-order valence-corrected chi connectivity index (χ1v) is 11.5. The first-order valence-electron chi connectivity index (χ1n) is 10.6. The number of carboxylic acid groups (broad SMARTS) is 1. The number of nitrogens with one attached hydrogen (secondary N) is 1. The van der Waals surface area contributed by atoms with Crippen LogP contribution in [-0.4, -0.2) is 61.1 Å². The molecule has 2 aliphatic heterocycles. The Balaban J connectivity index is 1.52. The third kappa shape index (κ3) is 4.33. The third-order valence-electron chi connectivity index (χ3n) is 5.92. The topological polar surface area (TPSA) is 133 Å². The van der Waals surface area contributed by atoms with Crippen LogP contribution in [0.5, 0.6) is 5.75 Å². The molecule has 34 heavy (non-hydrogen) atoms. The first kappa shape index (κ1) is 23.6. The fraction of sp³-hybridized carbons (Fsp3) is 0.333. The molecule has 0 saturated carbocycles. The van der Waals surface area contributed by atoms with Crippen molar-refractivity contribution in [2.45, 2.75) is 48.6 Å². The number of phenols is 1. The molecule has 4 rings (SSSR count). The molecule has 2 heterocycles. The van der Waals surface area contributed by atoms with Crippen LogP contribution in [0.1, 0.15) is 30.9 Å². The SMILES string of the molecule is CC1(C)S[C@@H]2[C@H](NC(=O)C(C(=O)OCc3ccccc3)c3ccc(O)cc3)C(=O)N2[C@H]1C(=O)O. The van der Waals surface area contributed by atoms with Gasteiger partial charge >= 0.3 is 11.9 Å². The molecular formula is C24H24N2O7S. The van der Waals surface area contributed by atoms with E-state index in [1.165, 1.54) is 40.9 Å². The molecule has 2 aromatic rings. The second kappa shape index (κ2) is 9.02. The zero-order chi connectivity index (χ0) is 24.6. The minimum Gasteiger partial charge on any atom is -0.508 e. The molecule has 2 aliphatic rings. The Morgan fingerprint density at radius 1 is 1.12 bits per heavy atom. The highest BCUT2D eigenvalue weighted by atomic mass is 32.2. The summed E-state index contributed by atoms with van der Waals surface area (Å²) in [6.07, 6.45) is 0. The van der Waals surface area contributed by atoms with Crippen LogP contribution in [0.4, 0.5) is 0 Å². The number of hydrogen-bond donors (Lipinski definition) is 3. The van der Waals surface area contributed by atoms with Crippen molar-refractivity contribution in [3.8, 4) is 5.75 Å². The monoisotopic (exact) mass is 484 g/mol. The summed E-state index contributed by atoms with van der Waals surface area (Å²) in [5, 5.41) is 21.2. The highest BCUT2D eigenvalue weighted by Crippen LogP contribution is 2.50. The lowest BCUT2D eigenvalue weighted by Crippen LogP contribution is -2.71. The second-order valence-electron chi connectivity index (χ2n) is 8.70. The van der Waals surface area contributed by atoms with Gasteiger partial charge in [-0.1, -0.05) is 42.5 Å². The number of rotatable bonds is 7. The number of amides is 2. The van der Waals surface area contributed by atoms with Crippen molar-refractivity contribution < 1.29 is 34.1 Å². The van der Waals surface area contributed by atoms with Gasteiger partial charge in [0.1, 0.15) is 29.8 Å². The van der Waals surface area contributed by atoms with Crippen molar-refractivity contribution in [2.24, 2.45) is 0 Å². The van der Waals surface area contributed by atoms with Gasteiger partial charge in [0.25, 0.3) is 0 Å². The number of aromatic hydroxyl groups is 1. The Kier molecular flexibility index (Phi) is 6.26. The van der Waals surface area contributed by atoms with Gasteiger partial charge in [0.2, 0.25) is 11.8 Å². The number of fused-ring (bicyclic) bond motifs is 1. The molecule has 4 atom stereocenters. The molecule has 2 aromatic carbocycles. The van der Waals surface area contributed by atoms with E-state index in [9.17, 15) is 29.4 Å². The number of aliphatic carboxylic acids is 1. The van der Waals surface area contributed by atoms with E-state index >= 15 is 0 Å². The summed E-state index contributed by atoms with van der Waals surface area (Å²) in [4.78, 5) is 51.9. The van der Waals surface area contributed by atoms with Crippen molar-refractivity contribution in [1.82, 2.24) is 10.2 Å². The average Bonchev–Trinajstić information content (AvgIpc) is 3.06. The van der Waals surface area contributed by atoms with Crippen molar-refractivity contribution in [1.29, 1.82) is 0 Å². The van der Waals surface area contributed by atoms with Gasteiger partial charge in [0.05, 0.1) is 0 Å². The van der Waals surface area contributed by atoms with Gasteiger partial charge in [-0.25, -0.2) is 4.79 Å². The second-order valence-corrected chi connectivity index (χ2v) is 10.5. The van der Waals surface area contributed by atoms with Crippen LogP contribution in [-0.2, 0) is 30.5 Å². The molecule has 178 valence electrons. The quantitative estimate of drug-likeness (QED) is 0.308. The number of esters is 1. The number of carboxylic acids is 1. The standard InChI is InChI=1S/C24H24N2O7S/c1-24(2)18(22(30)31)26-20(29)17(21(26)34-24)25-19(28)16(14-8-10-15(27)11-9-14)23(32)33-12-13-6-4-3-5-7-13/h3-11,16-18,21,27H,12H2,1-2H3,(H,25,28)(H,30,31)/t16?,17-,18+,21-/m1/s1. The summed E-state index contributed by atoms with van der Waals surface area (Å²) in [6, 6.07) is 12.6. The van der Waals surface area contributed by atoms with Crippen LogP contribution in [0.2, 0.25) is 0 Å². The van der Waals surface area contributed by atoms with E-state index < -0.39 is 51.9 Å². The van der Waals surface area contributed by atoms with E-state index in [0.29, 0.717) is 5.56 Å². The molecule has 0 aromatic heterocycles. The lowest BCUT2D eigenvalue weighted by atomic mass is 9.94. The number of carbonyl (C=O) groups is 4. The molecule has 0 radical (unpaired) electrons. The molecule has 0 aliphatic carbocycles. The number of thioether (sulfide) groups is 1. The van der Waals surface area contributed by atoms with Gasteiger partial charge in [-0.15, -0.1) is 11.8 Å². The van der Waals surface area contributed by atoms with Crippen LogP contribution in [0.25, 0.3) is 0 Å². The summed E-state index contributed by atoms with van der Waals surface area (Å²) >= 11 is 1.29. The average molecular weight is 485 g/mol. The van der Waals surface area contributed by atoms with Crippen molar-refractivity contribution in [3.05, 3.63) is 65.7 Å². The third-order valence-corrected chi connectivity index (χ3v) is 7.49. The molecule has 2 saturated heterocycles. The number of phenolic OH excluding ortho intramolecular Hbond substituents is 1. The highest BCUT2D eigenvalue weighted by molar-refractivity contribution is 8.01. The van der Waals surface area contributed by atoms with E-state index in [-0.39, 0.29) is 12.4 Å². The first-order chi connectivity index (χ1) is 16.1. The fourth-order valence-electron chi connectivity index (χ4n) is 4.26. The molecular weight excluding hydrogens is 460 g/mol. The van der Waals surface area contributed by atoms with E-state index in [0.717, 1.165) is 5.56 Å². The highest BCUT2D eigenvalue weighted by Gasteiger charge is 2.64. The number of benzene rings is 2. The van der Waals surface area contributed by atoms with Crippen LogP contribution >= 0.6 is 11.8 Å². The fourth-order valence-corrected chi connectivity index (χ4v) is 5.88. The Morgan fingerprint density at radius 2 is 1.76 bits per heavy atom. The molecule has 3 N–H and O–H groups in total. The van der Waals surface area contributed by atoms with E-state index in [1.54, 1.807) is 38.1 Å². The number of ether oxygens (including phenoxy) is 1. The summed E-state index contributed by atoms with van der Waals surface area (Å²) < 4.78 is 4.64. The predicted octanol–water partition coefficient (Wildman–Crippen LogP) is 1.85. The van der Waals surface area contributed by atoms with Gasteiger partial charge < -0.3 is 25.2 Å². The molecule has 0 bridgehead atoms. The summed E-state index contributed by atoms with van der Waals surface area (Å²) in [5.74, 6) is -4.57. The van der Waals surface area contributed by atoms with Crippen molar-refractivity contribution in [2.75, 3.05) is 0 Å². The number of carbonyl (C=O) groups excluding carboxylic acids is 3. The Hall–Kier alpha value is -3.53. The van der Waals surface area contributed by atoms with Crippen LogP contribution in [0.15, 0.2) is 54.6 Å². The maximum absolute atomic E-state index is 13.2. The summed E-state index contributed by atoms with van der Waals surface area (Å²) in [7, 11) is 0. The van der Waals surface area contributed by atoms with Gasteiger partial charge in [-0.2, -0.15) is 0 Å². The van der Waals surface area contributed by atoms with Crippen LogP contribution in [0, 0.1) is 0 Å². The molecule has 0 spiro atoms. The molecule has 2 fully saturated rings. The Bertz CT molecular complexity index is 1120. The zero-order valence-corrected chi connectivity index (χ0v) is 19.3. The molecule has 10 heteroatoms. The maximum Gasteiger partial charge on any atom is 0.327 e. The van der Waals surface area contributed by atoms with E-state index in [2.05, 4.69) is 5.32 Å². The number of nitrogens with zero attached hydrogens (tertiary/aromatic N) is 1. The van der Waals surface area contributed by atoms with Gasteiger partial charge in [0, 0.05) is 4.75 Å². The largest absolute Gasteiger partial charge is 0.508 e. The normalized spacial score (nSPS) is 23.4. The lowest BCUT2D eigenvalue weighted by molar-refractivity contribution is -0.161. The maximum atomic E-state index is 13.2. The van der Waals surface area contributed by atoms with Gasteiger partial charge in [0.15, 0.2) is 5.92 Å². The molecule has 2 amide bonds. The number of β-lactam (4-membered cyclic amide) rings is 1. The predicted molar refractivity (Wildman–Crippen MR) is 123 cm³/mol. The van der Waals surface area contributed by atoms with Crippen molar-refractivity contribution in [3.63, 3.8) is 0 Å². The minimum atomic E-state index is -1.37. The van der Waals surface area contributed by atoms with E-state index in [4.69, 9.17) is 4.74 Å². The minimum absolute atomic E-state index is 0.0327.